The number of rotatable bonds is 5. The SMILES string of the molecule is Cc1ccc2c(c1)C(NC(N)=S)C(=O)N2CCNc1ccnc2cc(Cl)ccc12. The number of anilines is 2. The van der Waals surface area contributed by atoms with Crippen LogP contribution in [0, 0.1) is 6.92 Å². The molecule has 0 radical (unpaired) electrons. The molecule has 1 aliphatic heterocycles. The predicted molar refractivity (Wildman–Crippen MR) is 121 cm³/mol. The molecule has 1 unspecified atom stereocenters. The van der Waals surface area contributed by atoms with Gasteiger partial charge in [0.15, 0.2) is 5.11 Å². The second kappa shape index (κ2) is 7.85. The van der Waals surface area contributed by atoms with E-state index in [0.29, 0.717) is 18.1 Å². The van der Waals surface area contributed by atoms with Crippen LogP contribution in [0.5, 0.6) is 0 Å². The van der Waals surface area contributed by atoms with Crippen LogP contribution in [0.25, 0.3) is 10.9 Å². The van der Waals surface area contributed by atoms with Crippen molar-refractivity contribution in [1.29, 1.82) is 0 Å². The summed E-state index contributed by atoms with van der Waals surface area (Å²) in [5.41, 5.74) is 10.3. The molecule has 0 bridgehead atoms. The Morgan fingerprint density at radius 1 is 1.28 bits per heavy atom. The van der Waals surface area contributed by atoms with E-state index in [2.05, 4.69) is 15.6 Å². The van der Waals surface area contributed by atoms with Gasteiger partial charge in [-0.15, -0.1) is 0 Å². The van der Waals surface area contributed by atoms with Crippen molar-refractivity contribution in [1.82, 2.24) is 10.3 Å². The van der Waals surface area contributed by atoms with E-state index in [1.165, 1.54) is 0 Å². The van der Waals surface area contributed by atoms with E-state index in [4.69, 9.17) is 29.6 Å². The molecule has 4 N–H and O–H groups in total. The zero-order chi connectivity index (χ0) is 20.5. The molecule has 0 fully saturated rings. The normalized spacial score (nSPS) is 15.4. The number of fused-ring (bicyclic) bond motifs is 2. The van der Waals surface area contributed by atoms with Gasteiger partial charge >= 0.3 is 0 Å². The Hall–Kier alpha value is -2.90. The third kappa shape index (κ3) is 3.83. The molecule has 1 atom stereocenters. The van der Waals surface area contributed by atoms with Crippen LogP contribution in [-0.2, 0) is 4.79 Å². The summed E-state index contributed by atoms with van der Waals surface area (Å²) in [6.07, 6.45) is 1.74. The molecular formula is C21H20ClN5OS. The fourth-order valence-corrected chi connectivity index (χ4v) is 3.93. The van der Waals surface area contributed by atoms with E-state index in [1.807, 2.05) is 49.4 Å². The minimum Gasteiger partial charge on any atom is -0.383 e. The van der Waals surface area contributed by atoms with Gasteiger partial charge in [-0.05, 0) is 49.5 Å². The van der Waals surface area contributed by atoms with Crippen molar-refractivity contribution < 1.29 is 4.79 Å². The topological polar surface area (TPSA) is 83.3 Å². The molecule has 148 valence electrons. The summed E-state index contributed by atoms with van der Waals surface area (Å²) in [7, 11) is 0. The number of benzene rings is 2. The first-order chi connectivity index (χ1) is 13.9. The fourth-order valence-electron chi connectivity index (χ4n) is 3.65. The highest BCUT2D eigenvalue weighted by atomic mass is 35.5. The molecule has 1 amide bonds. The van der Waals surface area contributed by atoms with Gasteiger partial charge < -0.3 is 21.3 Å². The molecule has 0 spiro atoms. The van der Waals surface area contributed by atoms with Gasteiger partial charge in [0.05, 0.1) is 5.52 Å². The minimum atomic E-state index is -0.550. The van der Waals surface area contributed by atoms with E-state index in [0.717, 1.165) is 33.4 Å². The Labute approximate surface area is 179 Å². The van der Waals surface area contributed by atoms with Gasteiger partial charge in [0.1, 0.15) is 6.04 Å². The van der Waals surface area contributed by atoms with Crippen LogP contribution in [0.15, 0.2) is 48.7 Å². The molecule has 1 aliphatic rings. The number of hydrogen-bond donors (Lipinski definition) is 3. The lowest BCUT2D eigenvalue weighted by Crippen LogP contribution is -2.41. The molecule has 6 nitrogen and oxygen atoms in total. The minimum absolute atomic E-state index is 0.0634. The van der Waals surface area contributed by atoms with Crippen molar-refractivity contribution in [2.24, 2.45) is 5.73 Å². The lowest BCUT2D eigenvalue weighted by molar-refractivity contribution is -0.119. The average Bonchev–Trinajstić information content (AvgIpc) is 2.92. The molecule has 0 aliphatic carbocycles. The van der Waals surface area contributed by atoms with Crippen LogP contribution in [0.2, 0.25) is 5.02 Å². The maximum atomic E-state index is 13.0. The number of pyridine rings is 1. The smallest absolute Gasteiger partial charge is 0.254 e. The van der Waals surface area contributed by atoms with Crippen molar-refractivity contribution in [3.05, 3.63) is 64.8 Å². The summed E-state index contributed by atoms with van der Waals surface area (Å²) >= 11 is 11.0. The third-order valence-corrected chi connectivity index (χ3v) is 5.29. The van der Waals surface area contributed by atoms with E-state index < -0.39 is 6.04 Å². The van der Waals surface area contributed by atoms with Crippen LogP contribution in [0.1, 0.15) is 17.2 Å². The maximum absolute atomic E-state index is 13.0. The molecule has 29 heavy (non-hydrogen) atoms. The third-order valence-electron chi connectivity index (χ3n) is 4.94. The zero-order valence-corrected chi connectivity index (χ0v) is 17.3. The molecular weight excluding hydrogens is 406 g/mol. The molecule has 2 heterocycles. The van der Waals surface area contributed by atoms with Crippen molar-refractivity contribution in [3.8, 4) is 0 Å². The Kier molecular flexibility index (Phi) is 5.25. The summed E-state index contributed by atoms with van der Waals surface area (Å²) in [4.78, 5) is 19.1. The van der Waals surface area contributed by atoms with Crippen molar-refractivity contribution in [3.63, 3.8) is 0 Å². The molecule has 2 aromatic carbocycles. The van der Waals surface area contributed by atoms with Gasteiger partial charge in [0.2, 0.25) is 0 Å². The average molecular weight is 426 g/mol. The zero-order valence-electron chi connectivity index (χ0n) is 15.8. The van der Waals surface area contributed by atoms with Gasteiger partial charge in [0.25, 0.3) is 5.91 Å². The number of hydrogen-bond acceptors (Lipinski definition) is 4. The van der Waals surface area contributed by atoms with E-state index in [9.17, 15) is 4.79 Å². The summed E-state index contributed by atoms with van der Waals surface area (Å²) in [6.45, 7) is 3.07. The quantitative estimate of drug-likeness (QED) is 0.542. The standard InChI is InChI=1S/C21H20ClN5OS/c1-12-2-5-18-15(10-12)19(26-21(23)29)20(28)27(18)9-8-25-16-6-7-24-17-11-13(22)3-4-14(16)17/h2-7,10-11,19H,8-9H2,1H3,(H,24,25)(H3,23,26,29). The first-order valence-corrected chi connectivity index (χ1v) is 9.99. The van der Waals surface area contributed by atoms with Crippen LogP contribution in [0.3, 0.4) is 0 Å². The van der Waals surface area contributed by atoms with Gasteiger partial charge in [0, 0.05) is 46.6 Å². The summed E-state index contributed by atoms with van der Waals surface area (Å²) in [5.74, 6) is -0.0634. The van der Waals surface area contributed by atoms with Gasteiger partial charge in [-0.1, -0.05) is 29.3 Å². The number of carbonyl (C=O) groups is 1. The highest BCUT2D eigenvalue weighted by Crippen LogP contribution is 2.36. The van der Waals surface area contributed by atoms with Gasteiger partial charge in [-0.25, -0.2) is 0 Å². The number of amides is 1. The predicted octanol–water partition coefficient (Wildman–Crippen LogP) is 3.53. The number of carbonyl (C=O) groups excluding carboxylic acids is 1. The Bertz CT molecular complexity index is 1120. The van der Waals surface area contributed by atoms with Crippen LogP contribution < -0.4 is 21.3 Å². The highest BCUT2D eigenvalue weighted by Gasteiger charge is 2.37. The lowest BCUT2D eigenvalue weighted by atomic mass is 10.1. The van der Waals surface area contributed by atoms with E-state index in [1.54, 1.807) is 11.1 Å². The number of halogens is 1. The summed E-state index contributed by atoms with van der Waals surface area (Å²) in [5, 5.41) is 8.06. The molecule has 3 aromatic rings. The molecule has 8 heteroatoms. The fraction of sp³-hybridized carbons (Fsp3) is 0.190. The second-order valence-electron chi connectivity index (χ2n) is 6.94. The lowest BCUT2D eigenvalue weighted by Gasteiger charge is -2.19. The Balaban J connectivity index is 1.53. The number of nitrogens with one attached hydrogen (secondary N) is 2. The van der Waals surface area contributed by atoms with Crippen molar-refractivity contribution in [2.75, 3.05) is 23.3 Å². The molecule has 0 saturated carbocycles. The van der Waals surface area contributed by atoms with Gasteiger partial charge in [-0.2, -0.15) is 0 Å². The van der Waals surface area contributed by atoms with E-state index in [-0.39, 0.29) is 11.0 Å². The largest absolute Gasteiger partial charge is 0.383 e. The first-order valence-electron chi connectivity index (χ1n) is 9.20. The van der Waals surface area contributed by atoms with Gasteiger partial charge in [-0.3, -0.25) is 9.78 Å². The Morgan fingerprint density at radius 3 is 2.90 bits per heavy atom. The van der Waals surface area contributed by atoms with Crippen LogP contribution >= 0.6 is 23.8 Å². The summed E-state index contributed by atoms with van der Waals surface area (Å²) in [6, 6.07) is 12.9. The van der Waals surface area contributed by atoms with Crippen molar-refractivity contribution >= 4 is 57.1 Å². The van der Waals surface area contributed by atoms with Crippen LogP contribution in [0.4, 0.5) is 11.4 Å². The number of aryl methyl sites for hydroxylation is 1. The number of thiocarbonyl (C=S) groups is 1. The van der Waals surface area contributed by atoms with Crippen molar-refractivity contribution in [2.45, 2.75) is 13.0 Å². The number of aromatic nitrogens is 1. The monoisotopic (exact) mass is 425 g/mol. The maximum Gasteiger partial charge on any atom is 0.254 e. The molecule has 0 saturated heterocycles. The first kappa shape index (κ1) is 19.4. The highest BCUT2D eigenvalue weighted by molar-refractivity contribution is 7.80. The van der Waals surface area contributed by atoms with Crippen LogP contribution in [-0.4, -0.2) is 29.1 Å². The Morgan fingerprint density at radius 2 is 2.10 bits per heavy atom. The molecule has 4 rings (SSSR count). The van der Waals surface area contributed by atoms with E-state index >= 15 is 0 Å². The second-order valence-corrected chi connectivity index (χ2v) is 7.82. The number of nitrogens with zero attached hydrogens (tertiary/aromatic N) is 2. The molecule has 1 aromatic heterocycles. The summed E-state index contributed by atoms with van der Waals surface area (Å²) < 4.78 is 0. The number of nitrogens with two attached hydrogens (primary N) is 1.